The predicted octanol–water partition coefficient (Wildman–Crippen LogP) is 1.65. The zero-order valence-electron chi connectivity index (χ0n) is 13.8. The van der Waals surface area contributed by atoms with Gasteiger partial charge >= 0.3 is 0 Å². The Bertz CT molecular complexity index is 563. The molecular formula is C18H25N3O2. The Morgan fingerprint density at radius 3 is 2.65 bits per heavy atom. The Morgan fingerprint density at radius 1 is 1.26 bits per heavy atom. The summed E-state index contributed by atoms with van der Waals surface area (Å²) in [6.07, 6.45) is 7.58. The topological polar surface area (TPSA) is 45.7 Å². The summed E-state index contributed by atoms with van der Waals surface area (Å²) in [6, 6.07) is 4.74. The molecule has 0 N–H and O–H groups in total. The van der Waals surface area contributed by atoms with E-state index < -0.39 is 0 Å². The molecule has 0 unspecified atom stereocenters. The zero-order chi connectivity index (χ0) is 15.9. The molecule has 1 amide bonds. The molecule has 1 spiro atoms. The molecule has 4 rings (SSSR count). The fraction of sp³-hybridized carbons (Fsp3) is 0.667. The minimum absolute atomic E-state index is 0.0194. The summed E-state index contributed by atoms with van der Waals surface area (Å²) >= 11 is 0. The van der Waals surface area contributed by atoms with E-state index in [1.807, 2.05) is 24.3 Å². The normalized spacial score (nSPS) is 31.2. The van der Waals surface area contributed by atoms with Gasteiger partial charge in [-0.05, 0) is 37.0 Å². The van der Waals surface area contributed by atoms with Crippen LogP contribution in [-0.2, 0) is 9.53 Å². The Kier molecular flexibility index (Phi) is 3.85. The van der Waals surface area contributed by atoms with E-state index in [-0.39, 0.29) is 11.4 Å². The summed E-state index contributed by atoms with van der Waals surface area (Å²) in [5.74, 6) is 0.578. The van der Waals surface area contributed by atoms with Crippen LogP contribution in [0.5, 0.6) is 0 Å². The Balaban J connectivity index is 1.56. The van der Waals surface area contributed by atoms with Crippen molar-refractivity contribution in [3.05, 3.63) is 30.1 Å². The first kappa shape index (κ1) is 15.1. The van der Waals surface area contributed by atoms with Gasteiger partial charge in [-0.1, -0.05) is 0 Å². The molecular weight excluding hydrogens is 290 g/mol. The molecule has 23 heavy (non-hydrogen) atoms. The minimum atomic E-state index is -0.0194. The molecule has 0 bridgehead atoms. The summed E-state index contributed by atoms with van der Waals surface area (Å²) in [4.78, 5) is 21.2. The van der Waals surface area contributed by atoms with E-state index in [0.29, 0.717) is 18.4 Å². The summed E-state index contributed by atoms with van der Waals surface area (Å²) in [5, 5.41) is 0. The molecule has 2 atom stereocenters. The molecule has 4 heterocycles. The van der Waals surface area contributed by atoms with Gasteiger partial charge < -0.3 is 9.64 Å². The first-order valence-electron chi connectivity index (χ1n) is 8.69. The molecule has 1 aromatic rings. The van der Waals surface area contributed by atoms with Crippen molar-refractivity contribution >= 4 is 5.91 Å². The third-order valence-electron chi connectivity index (χ3n) is 6.26. The Morgan fingerprint density at radius 2 is 2.00 bits per heavy atom. The molecule has 0 aliphatic carbocycles. The van der Waals surface area contributed by atoms with Crippen LogP contribution in [0.2, 0.25) is 0 Å². The van der Waals surface area contributed by atoms with Crippen LogP contribution in [0.1, 0.15) is 37.2 Å². The summed E-state index contributed by atoms with van der Waals surface area (Å²) in [6.45, 7) is 3.89. The number of nitrogens with zero attached hydrogens (tertiary/aromatic N) is 3. The van der Waals surface area contributed by atoms with Gasteiger partial charge in [-0.15, -0.1) is 0 Å². The van der Waals surface area contributed by atoms with Crippen molar-refractivity contribution in [2.45, 2.75) is 43.2 Å². The number of carbonyl (C=O) groups excluding carboxylic acids is 1. The molecule has 124 valence electrons. The van der Waals surface area contributed by atoms with Crippen LogP contribution in [0.25, 0.3) is 0 Å². The van der Waals surface area contributed by atoms with Gasteiger partial charge in [-0.25, -0.2) is 0 Å². The molecule has 1 aromatic heterocycles. The van der Waals surface area contributed by atoms with E-state index in [1.54, 1.807) is 0 Å². The number of carbonyl (C=O) groups is 1. The second kappa shape index (κ2) is 5.87. The lowest BCUT2D eigenvalue weighted by molar-refractivity contribution is -0.130. The van der Waals surface area contributed by atoms with E-state index in [0.717, 1.165) is 45.6 Å². The Hall–Kier alpha value is -1.46. The highest BCUT2D eigenvalue weighted by Crippen LogP contribution is 2.48. The van der Waals surface area contributed by atoms with E-state index in [4.69, 9.17) is 4.74 Å². The SMILES string of the molecule is CN1C(=O)C[C@H](c2ccncc2)C12CCN([C@@H]1CCOC1)CC2. The third kappa shape index (κ3) is 2.46. The molecule has 5 nitrogen and oxygen atoms in total. The molecule has 3 fully saturated rings. The van der Waals surface area contributed by atoms with Crippen LogP contribution in [0.4, 0.5) is 0 Å². The van der Waals surface area contributed by atoms with Crippen molar-refractivity contribution < 1.29 is 9.53 Å². The highest BCUT2D eigenvalue weighted by Gasteiger charge is 2.53. The Labute approximate surface area is 137 Å². The number of ether oxygens (including phenoxy) is 1. The van der Waals surface area contributed by atoms with Crippen LogP contribution in [-0.4, -0.2) is 65.6 Å². The summed E-state index contributed by atoms with van der Waals surface area (Å²) in [5.41, 5.74) is 1.24. The van der Waals surface area contributed by atoms with E-state index in [2.05, 4.69) is 22.0 Å². The van der Waals surface area contributed by atoms with Gasteiger partial charge in [0, 0.05) is 57.5 Å². The number of aromatic nitrogens is 1. The largest absolute Gasteiger partial charge is 0.380 e. The predicted molar refractivity (Wildman–Crippen MR) is 87.1 cm³/mol. The lowest BCUT2D eigenvalue weighted by Crippen LogP contribution is -2.55. The molecule has 5 heteroatoms. The van der Waals surface area contributed by atoms with Crippen molar-refractivity contribution in [2.24, 2.45) is 0 Å². The maximum Gasteiger partial charge on any atom is 0.223 e. The lowest BCUT2D eigenvalue weighted by atomic mass is 9.73. The molecule has 3 saturated heterocycles. The maximum atomic E-state index is 12.4. The van der Waals surface area contributed by atoms with Crippen molar-refractivity contribution in [1.29, 1.82) is 0 Å². The molecule has 0 saturated carbocycles. The van der Waals surface area contributed by atoms with Crippen molar-refractivity contribution in [2.75, 3.05) is 33.4 Å². The van der Waals surface area contributed by atoms with Gasteiger partial charge in [0.2, 0.25) is 5.91 Å². The van der Waals surface area contributed by atoms with Crippen molar-refractivity contribution in [1.82, 2.24) is 14.8 Å². The smallest absolute Gasteiger partial charge is 0.223 e. The quantitative estimate of drug-likeness (QED) is 0.832. The standard InChI is InChI=1S/C18H25N3O2/c1-20-17(22)12-16(14-2-7-19-8-3-14)18(20)5-9-21(10-6-18)15-4-11-23-13-15/h2-3,7-8,15-16H,4-6,9-13H2,1H3/t15-,16-/m1/s1. The second-order valence-corrected chi connectivity index (χ2v) is 7.15. The molecule has 3 aliphatic rings. The maximum absolute atomic E-state index is 12.4. The third-order valence-corrected chi connectivity index (χ3v) is 6.26. The summed E-state index contributed by atoms with van der Waals surface area (Å²) in [7, 11) is 2.00. The number of pyridine rings is 1. The number of amides is 1. The number of likely N-dealkylation sites (N-methyl/N-ethyl adjacent to an activating group) is 1. The second-order valence-electron chi connectivity index (χ2n) is 7.15. The van der Waals surface area contributed by atoms with Crippen LogP contribution < -0.4 is 0 Å². The minimum Gasteiger partial charge on any atom is -0.380 e. The van der Waals surface area contributed by atoms with E-state index in [9.17, 15) is 4.79 Å². The average Bonchev–Trinajstić information content (AvgIpc) is 3.21. The van der Waals surface area contributed by atoms with Crippen LogP contribution in [0.3, 0.4) is 0 Å². The van der Waals surface area contributed by atoms with Gasteiger partial charge in [0.1, 0.15) is 0 Å². The first-order valence-corrected chi connectivity index (χ1v) is 8.69. The first-order chi connectivity index (χ1) is 11.2. The van der Waals surface area contributed by atoms with Gasteiger partial charge in [-0.3, -0.25) is 14.7 Å². The molecule has 3 aliphatic heterocycles. The van der Waals surface area contributed by atoms with Gasteiger partial charge in [0.15, 0.2) is 0 Å². The average molecular weight is 315 g/mol. The van der Waals surface area contributed by atoms with Gasteiger partial charge in [0.25, 0.3) is 0 Å². The summed E-state index contributed by atoms with van der Waals surface area (Å²) < 4.78 is 5.54. The number of hydrogen-bond acceptors (Lipinski definition) is 4. The number of likely N-dealkylation sites (tertiary alicyclic amines) is 2. The molecule has 0 radical (unpaired) electrons. The number of hydrogen-bond donors (Lipinski definition) is 0. The number of rotatable bonds is 2. The molecule has 0 aromatic carbocycles. The fourth-order valence-electron chi connectivity index (χ4n) is 4.78. The monoisotopic (exact) mass is 315 g/mol. The van der Waals surface area contributed by atoms with E-state index in [1.165, 1.54) is 5.56 Å². The van der Waals surface area contributed by atoms with Gasteiger partial charge in [-0.2, -0.15) is 0 Å². The van der Waals surface area contributed by atoms with Crippen LogP contribution in [0, 0.1) is 0 Å². The van der Waals surface area contributed by atoms with Gasteiger partial charge in [0.05, 0.1) is 12.1 Å². The van der Waals surface area contributed by atoms with E-state index >= 15 is 0 Å². The van der Waals surface area contributed by atoms with Crippen LogP contribution in [0.15, 0.2) is 24.5 Å². The lowest BCUT2D eigenvalue weighted by Gasteiger charge is -2.48. The van der Waals surface area contributed by atoms with Crippen LogP contribution >= 0.6 is 0 Å². The van der Waals surface area contributed by atoms with Crippen molar-refractivity contribution in [3.8, 4) is 0 Å². The highest BCUT2D eigenvalue weighted by molar-refractivity contribution is 5.81. The number of piperidine rings is 1. The fourth-order valence-corrected chi connectivity index (χ4v) is 4.78. The van der Waals surface area contributed by atoms with Crippen molar-refractivity contribution in [3.63, 3.8) is 0 Å². The zero-order valence-corrected chi connectivity index (χ0v) is 13.8. The highest BCUT2D eigenvalue weighted by atomic mass is 16.5.